The van der Waals surface area contributed by atoms with Gasteiger partial charge in [0.2, 0.25) is 0 Å². The molecular formula is C15H13F2NO. The summed E-state index contributed by atoms with van der Waals surface area (Å²) in [5.41, 5.74) is 2.65. The topological polar surface area (TPSA) is 29.1 Å². The molecule has 0 aromatic heterocycles. The number of aryl methyl sites for hydroxylation is 2. The Hall–Kier alpha value is -2.23. The van der Waals surface area contributed by atoms with Gasteiger partial charge in [-0.3, -0.25) is 4.79 Å². The summed E-state index contributed by atoms with van der Waals surface area (Å²) in [6, 6.07) is 8.72. The molecule has 0 saturated heterocycles. The van der Waals surface area contributed by atoms with Crippen LogP contribution in [-0.2, 0) is 0 Å². The zero-order chi connectivity index (χ0) is 14.0. The van der Waals surface area contributed by atoms with E-state index in [1.807, 2.05) is 32.0 Å². The summed E-state index contributed by atoms with van der Waals surface area (Å²) in [5.74, 6) is -2.47. The highest BCUT2D eigenvalue weighted by molar-refractivity contribution is 6.04. The molecule has 0 saturated carbocycles. The molecule has 0 heterocycles. The highest BCUT2D eigenvalue weighted by Crippen LogP contribution is 2.18. The summed E-state index contributed by atoms with van der Waals surface area (Å²) in [6.45, 7) is 3.77. The van der Waals surface area contributed by atoms with Crippen molar-refractivity contribution in [3.63, 3.8) is 0 Å². The average molecular weight is 261 g/mol. The number of halogens is 2. The van der Waals surface area contributed by atoms with Crippen molar-refractivity contribution in [2.75, 3.05) is 5.32 Å². The minimum Gasteiger partial charge on any atom is -0.322 e. The number of rotatable bonds is 2. The Balaban J connectivity index is 2.25. The third kappa shape index (κ3) is 2.96. The van der Waals surface area contributed by atoms with Crippen LogP contribution in [0.15, 0.2) is 36.4 Å². The van der Waals surface area contributed by atoms with Crippen LogP contribution in [0.2, 0.25) is 0 Å². The van der Waals surface area contributed by atoms with Crippen LogP contribution in [0.1, 0.15) is 21.5 Å². The largest absolute Gasteiger partial charge is 0.322 e. The second kappa shape index (κ2) is 5.18. The maximum Gasteiger partial charge on any atom is 0.255 e. The quantitative estimate of drug-likeness (QED) is 0.874. The summed E-state index contributed by atoms with van der Waals surface area (Å²) in [6.07, 6.45) is 0. The van der Waals surface area contributed by atoms with Crippen LogP contribution in [0.4, 0.5) is 14.5 Å². The standard InChI is InChI=1S/C15H13F2NO/c1-9-3-4-10(2)14(7-9)18-15(19)11-5-6-12(16)13(17)8-11/h3-8H,1-2H3,(H,18,19). The molecular weight excluding hydrogens is 248 g/mol. The number of carbonyl (C=O) groups excluding carboxylic acids is 1. The molecule has 2 nitrogen and oxygen atoms in total. The van der Waals surface area contributed by atoms with Crippen molar-refractivity contribution in [2.24, 2.45) is 0 Å². The van der Waals surface area contributed by atoms with Gasteiger partial charge < -0.3 is 5.32 Å². The van der Waals surface area contributed by atoms with Gasteiger partial charge >= 0.3 is 0 Å². The van der Waals surface area contributed by atoms with Crippen LogP contribution in [0.3, 0.4) is 0 Å². The van der Waals surface area contributed by atoms with E-state index >= 15 is 0 Å². The number of amides is 1. The molecule has 0 spiro atoms. The first-order valence-electron chi connectivity index (χ1n) is 5.81. The molecule has 2 aromatic carbocycles. The summed E-state index contributed by atoms with van der Waals surface area (Å²) < 4.78 is 25.9. The summed E-state index contributed by atoms with van der Waals surface area (Å²) >= 11 is 0. The van der Waals surface area contributed by atoms with Crippen LogP contribution in [-0.4, -0.2) is 5.91 Å². The van der Waals surface area contributed by atoms with Gasteiger partial charge in [0.1, 0.15) is 0 Å². The van der Waals surface area contributed by atoms with E-state index in [1.54, 1.807) is 0 Å². The lowest BCUT2D eigenvalue weighted by atomic mass is 10.1. The van der Waals surface area contributed by atoms with Gasteiger partial charge in [-0.05, 0) is 49.2 Å². The average Bonchev–Trinajstić information content (AvgIpc) is 2.37. The smallest absolute Gasteiger partial charge is 0.255 e. The molecule has 0 aliphatic rings. The Morgan fingerprint density at radius 1 is 1.00 bits per heavy atom. The van der Waals surface area contributed by atoms with Crippen molar-refractivity contribution in [2.45, 2.75) is 13.8 Å². The SMILES string of the molecule is Cc1ccc(C)c(NC(=O)c2ccc(F)c(F)c2)c1. The maximum absolute atomic E-state index is 13.1. The number of benzene rings is 2. The fourth-order valence-corrected chi connectivity index (χ4v) is 1.70. The molecule has 0 atom stereocenters. The predicted octanol–water partition coefficient (Wildman–Crippen LogP) is 3.83. The van der Waals surface area contributed by atoms with E-state index in [-0.39, 0.29) is 5.56 Å². The Bertz CT molecular complexity index is 638. The van der Waals surface area contributed by atoms with Gasteiger partial charge in [0, 0.05) is 11.3 Å². The molecule has 0 aliphatic carbocycles. The summed E-state index contributed by atoms with van der Waals surface area (Å²) in [4.78, 5) is 11.9. The van der Waals surface area contributed by atoms with Crippen molar-refractivity contribution < 1.29 is 13.6 Å². The number of hydrogen-bond donors (Lipinski definition) is 1. The van der Waals surface area contributed by atoms with E-state index in [0.717, 1.165) is 23.3 Å². The van der Waals surface area contributed by atoms with E-state index in [1.165, 1.54) is 6.07 Å². The second-order valence-electron chi connectivity index (χ2n) is 4.40. The zero-order valence-corrected chi connectivity index (χ0v) is 10.6. The van der Waals surface area contributed by atoms with Gasteiger partial charge in [-0.15, -0.1) is 0 Å². The van der Waals surface area contributed by atoms with Gasteiger partial charge in [-0.25, -0.2) is 8.78 Å². The monoisotopic (exact) mass is 261 g/mol. The van der Waals surface area contributed by atoms with Crippen molar-refractivity contribution >= 4 is 11.6 Å². The third-order valence-corrected chi connectivity index (χ3v) is 2.82. The van der Waals surface area contributed by atoms with Crippen LogP contribution >= 0.6 is 0 Å². The van der Waals surface area contributed by atoms with Crippen molar-refractivity contribution in [3.8, 4) is 0 Å². The van der Waals surface area contributed by atoms with Gasteiger partial charge in [-0.2, -0.15) is 0 Å². The lowest BCUT2D eigenvalue weighted by Crippen LogP contribution is -2.13. The first-order chi connectivity index (χ1) is 8.97. The lowest BCUT2D eigenvalue weighted by Gasteiger charge is -2.09. The summed E-state index contributed by atoms with van der Waals surface area (Å²) in [7, 11) is 0. The van der Waals surface area contributed by atoms with E-state index < -0.39 is 17.5 Å². The highest BCUT2D eigenvalue weighted by Gasteiger charge is 2.11. The van der Waals surface area contributed by atoms with E-state index in [9.17, 15) is 13.6 Å². The Morgan fingerprint density at radius 2 is 1.74 bits per heavy atom. The molecule has 1 amide bonds. The first-order valence-corrected chi connectivity index (χ1v) is 5.81. The number of nitrogens with one attached hydrogen (secondary N) is 1. The van der Waals surface area contributed by atoms with E-state index in [0.29, 0.717) is 5.69 Å². The minimum atomic E-state index is -1.03. The van der Waals surface area contributed by atoms with Crippen molar-refractivity contribution in [3.05, 3.63) is 64.7 Å². The second-order valence-corrected chi connectivity index (χ2v) is 4.40. The van der Waals surface area contributed by atoms with Crippen LogP contribution in [0, 0.1) is 25.5 Å². The Labute approximate surface area is 110 Å². The molecule has 0 fully saturated rings. The lowest BCUT2D eigenvalue weighted by molar-refractivity contribution is 0.102. The molecule has 0 aliphatic heterocycles. The number of hydrogen-bond acceptors (Lipinski definition) is 1. The van der Waals surface area contributed by atoms with Crippen LogP contribution in [0.5, 0.6) is 0 Å². The van der Waals surface area contributed by atoms with Gasteiger partial charge in [0.15, 0.2) is 11.6 Å². The predicted molar refractivity (Wildman–Crippen MR) is 70.2 cm³/mol. The molecule has 0 radical (unpaired) electrons. The molecule has 0 bridgehead atoms. The van der Waals surface area contributed by atoms with Crippen LogP contribution in [0.25, 0.3) is 0 Å². The fourth-order valence-electron chi connectivity index (χ4n) is 1.70. The fraction of sp³-hybridized carbons (Fsp3) is 0.133. The Kier molecular flexibility index (Phi) is 3.60. The maximum atomic E-state index is 13.1. The van der Waals surface area contributed by atoms with Gasteiger partial charge in [0.25, 0.3) is 5.91 Å². The molecule has 0 unspecified atom stereocenters. The third-order valence-electron chi connectivity index (χ3n) is 2.82. The molecule has 2 rings (SSSR count). The molecule has 98 valence electrons. The number of anilines is 1. The van der Waals surface area contributed by atoms with E-state index in [2.05, 4.69) is 5.32 Å². The van der Waals surface area contributed by atoms with Gasteiger partial charge in [-0.1, -0.05) is 12.1 Å². The van der Waals surface area contributed by atoms with Crippen molar-refractivity contribution in [1.82, 2.24) is 0 Å². The normalized spacial score (nSPS) is 10.3. The highest BCUT2D eigenvalue weighted by atomic mass is 19.2. The van der Waals surface area contributed by atoms with E-state index in [4.69, 9.17) is 0 Å². The number of carbonyl (C=O) groups is 1. The summed E-state index contributed by atoms with van der Waals surface area (Å²) in [5, 5.41) is 2.69. The molecule has 1 N–H and O–H groups in total. The minimum absolute atomic E-state index is 0.0832. The van der Waals surface area contributed by atoms with Crippen LogP contribution < -0.4 is 5.32 Å². The zero-order valence-electron chi connectivity index (χ0n) is 10.6. The van der Waals surface area contributed by atoms with Crippen molar-refractivity contribution in [1.29, 1.82) is 0 Å². The molecule has 2 aromatic rings. The van der Waals surface area contributed by atoms with Gasteiger partial charge in [0.05, 0.1) is 0 Å². The molecule has 4 heteroatoms. The Morgan fingerprint density at radius 3 is 2.42 bits per heavy atom. The first kappa shape index (κ1) is 13.2. The molecule has 19 heavy (non-hydrogen) atoms.